The van der Waals surface area contributed by atoms with Gasteiger partial charge in [-0.15, -0.1) is 5.10 Å². The molecule has 0 atom stereocenters. The number of nitrogens with zero attached hydrogens (tertiary/aromatic N) is 3. The second-order valence-corrected chi connectivity index (χ2v) is 3.70. The van der Waals surface area contributed by atoms with Crippen LogP contribution in [0.2, 0.25) is 0 Å². The number of carbonyl (C=O) groups excluding carboxylic acids is 1. The lowest BCUT2D eigenvalue weighted by molar-refractivity contribution is 0.0967. The SMILES string of the molecule is CC(C)n1nnc2c1CCCC2=O. The zero-order chi connectivity index (χ0) is 9.42. The zero-order valence-electron chi connectivity index (χ0n) is 7.95. The smallest absolute Gasteiger partial charge is 0.185 e. The molecule has 13 heavy (non-hydrogen) atoms. The van der Waals surface area contributed by atoms with Gasteiger partial charge in [0, 0.05) is 12.5 Å². The quantitative estimate of drug-likeness (QED) is 0.654. The molecule has 1 aromatic heterocycles. The van der Waals surface area contributed by atoms with Crippen molar-refractivity contribution in [2.45, 2.75) is 39.2 Å². The Morgan fingerprint density at radius 2 is 2.15 bits per heavy atom. The molecule has 4 nitrogen and oxygen atoms in total. The molecule has 1 aliphatic rings. The van der Waals surface area contributed by atoms with Gasteiger partial charge in [-0.25, -0.2) is 4.68 Å². The first-order valence-corrected chi connectivity index (χ1v) is 4.67. The van der Waals surface area contributed by atoms with Gasteiger partial charge in [-0.3, -0.25) is 4.79 Å². The minimum absolute atomic E-state index is 0.146. The molecule has 4 heteroatoms. The van der Waals surface area contributed by atoms with Gasteiger partial charge in [-0.2, -0.15) is 0 Å². The van der Waals surface area contributed by atoms with Crippen LogP contribution in [0.4, 0.5) is 0 Å². The van der Waals surface area contributed by atoms with Crippen LogP contribution in [0.15, 0.2) is 0 Å². The Kier molecular flexibility index (Phi) is 1.90. The first-order chi connectivity index (χ1) is 6.20. The first kappa shape index (κ1) is 8.41. The standard InChI is InChI=1S/C9H13N3O/c1-6(2)12-7-4-3-5-8(13)9(7)10-11-12/h6H,3-5H2,1-2H3. The number of hydrogen-bond donors (Lipinski definition) is 0. The summed E-state index contributed by atoms with van der Waals surface area (Å²) in [6.07, 6.45) is 2.50. The van der Waals surface area contributed by atoms with E-state index in [0.717, 1.165) is 18.5 Å². The Morgan fingerprint density at radius 1 is 1.38 bits per heavy atom. The molecule has 0 aliphatic heterocycles. The zero-order valence-corrected chi connectivity index (χ0v) is 7.95. The number of rotatable bonds is 1. The van der Waals surface area contributed by atoms with E-state index in [-0.39, 0.29) is 5.78 Å². The van der Waals surface area contributed by atoms with Crippen LogP contribution in [0.3, 0.4) is 0 Å². The van der Waals surface area contributed by atoms with Crippen LogP contribution < -0.4 is 0 Å². The van der Waals surface area contributed by atoms with Gasteiger partial charge in [0.05, 0.1) is 5.69 Å². The highest BCUT2D eigenvalue weighted by atomic mass is 16.1. The van der Waals surface area contributed by atoms with Crippen LogP contribution in [0, 0.1) is 0 Å². The Labute approximate surface area is 76.9 Å². The number of aromatic nitrogens is 3. The van der Waals surface area contributed by atoms with Gasteiger partial charge >= 0.3 is 0 Å². The first-order valence-electron chi connectivity index (χ1n) is 4.67. The molecule has 0 aromatic carbocycles. The molecular weight excluding hydrogens is 166 g/mol. The van der Waals surface area contributed by atoms with E-state index in [2.05, 4.69) is 10.3 Å². The summed E-state index contributed by atoms with van der Waals surface area (Å²) in [7, 11) is 0. The van der Waals surface area contributed by atoms with Crippen molar-refractivity contribution in [3.8, 4) is 0 Å². The lowest BCUT2D eigenvalue weighted by atomic mass is 9.99. The highest BCUT2D eigenvalue weighted by Crippen LogP contribution is 2.20. The lowest BCUT2D eigenvalue weighted by Gasteiger charge is -2.13. The fourth-order valence-electron chi connectivity index (χ4n) is 1.71. The second kappa shape index (κ2) is 2.94. The van der Waals surface area contributed by atoms with Crippen LogP contribution in [0.25, 0.3) is 0 Å². The maximum Gasteiger partial charge on any atom is 0.185 e. The van der Waals surface area contributed by atoms with Crippen molar-refractivity contribution < 1.29 is 4.79 Å². The van der Waals surface area contributed by atoms with Crippen LogP contribution in [0.5, 0.6) is 0 Å². The Morgan fingerprint density at radius 3 is 2.85 bits per heavy atom. The molecule has 1 aromatic rings. The molecule has 0 saturated carbocycles. The van der Waals surface area contributed by atoms with Gasteiger partial charge in [0.2, 0.25) is 0 Å². The summed E-state index contributed by atoms with van der Waals surface area (Å²) in [5.41, 5.74) is 1.62. The minimum Gasteiger partial charge on any atom is -0.292 e. The van der Waals surface area contributed by atoms with E-state index in [1.807, 2.05) is 18.5 Å². The number of hydrogen-bond acceptors (Lipinski definition) is 3. The van der Waals surface area contributed by atoms with Crippen molar-refractivity contribution in [1.82, 2.24) is 15.0 Å². The van der Waals surface area contributed by atoms with Crippen LogP contribution >= 0.6 is 0 Å². The normalized spacial score (nSPS) is 16.4. The largest absolute Gasteiger partial charge is 0.292 e. The summed E-state index contributed by atoms with van der Waals surface area (Å²) >= 11 is 0. The molecular formula is C9H13N3O. The van der Waals surface area contributed by atoms with E-state index >= 15 is 0 Å². The average molecular weight is 179 g/mol. The van der Waals surface area contributed by atoms with E-state index in [9.17, 15) is 4.79 Å². The molecule has 0 bridgehead atoms. The molecule has 0 unspecified atom stereocenters. The number of ketones is 1. The summed E-state index contributed by atoms with van der Waals surface area (Å²) in [6, 6.07) is 0.294. The van der Waals surface area contributed by atoms with Crippen LogP contribution in [-0.2, 0) is 6.42 Å². The number of Topliss-reactive ketones (excluding diaryl/α,β-unsaturated/α-hetero) is 1. The van der Waals surface area contributed by atoms with Crippen molar-refractivity contribution in [1.29, 1.82) is 0 Å². The third-order valence-corrected chi connectivity index (χ3v) is 2.36. The number of fused-ring (bicyclic) bond motifs is 1. The molecule has 0 fully saturated rings. The minimum atomic E-state index is 0.146. The molecule has 0 saturated heterocycles. The summed E-state index contributed by atoms with van der Waals surface area (Å²) < 4.78 is 1.85. The molecule has 1 heterocycles. The van der Waals surface area contributed by atoms with Gasteiger partial charge < -0.3 is 0 Å². The van der Waals surface area contributed by atoms with E-state index in [1.54, 1.807) is 0 Å². The van der Waals surface area contributed by atoms with Crippen molar-refractivity contribution in [3.05, 3.63) is 11.4 Å². The number of carbonyl (C=O) groups is 1. The molecule has 2 rings (SSSR count). The van der Waals surface area contributed by atoms with Crippen molar-refractivity contribution >= 4 is 5.78 Å². The monoisotopic (exact) mass is 179 g/mol. The molecule has 70 valence electrons. The molecule has 0 spiro atoms. The van der Waals surface area contributed by atoms with Gasteiger partial charge in [0.25, 0.3) is 0 Å². The predicted octanol–water partition coefficient (Wildman–Crippen LogP) is 1.38. The third-order valence-electron chi connectivity index (χ3n) is 2.36. The van der Waals surface area contributed by atoms with Gasteiger partial charge in [0.15, 0.2) is 11.5 Å². The topological polar surface area (TPSA) is 47.8 Å². The highest BCUT2D eigenvalue weighted by Gasteiger charge is 2.24. The maximum absolute atomic E-state index is 11.4. The van der Waals surface area contributed by atoms with E-state index < -0.39 is 0 Å². The van der Waals surface area contributed by atoms with E-state index in [1.165, 1.54) is 0 Å². The summed E-state index contributed by atoms with van der Waals surface area (Å²) in [4.78, 5) is 11.4. The Hall–Kier alpha value is -1.19. The summed E-state index contributed by atoms with van der Waals surface area (Å²) in [5, 5.41) is 7.92. The predicted molar refractivity (Wildman–Crippen MR) is 47.7 cm³/mol. The molecule has 0 radical (unpaired) electrons. The van der Waals surface area contributed by atoms with E-state index in [4.69, 9.17) is 0 Å². The van der Waals surface area contributed by atoms with Crippen LogP contribution in [-0.4, -0.2) is 20.8 Å². The van der Waals surface area contributed by atoms with Gasteiger partial charge in [-0.05, 0) is 26.7 Å². The van der Waals surface area contributed by atoms with E-state index in [0.29, 0.717) is 18.2 Å². The maximum atomic E-state index is 11.4. The van der Waals surface area contributed by atoms with Crippen molar-refractivity contribution in [2.24, 2.45) is 0 Å². The summed E-state index contributed by atoms with van der Waals surface area (Å²) in [5.74, 6) is 0.146. The molecule has 0 N–H and O–H groups in total. The average Bonchev–Trinajstić information content (AvgIpc) is 2.48. The Balaban J connectivity index is 2.47. The lowest BCUT2D eigenvalue weighted by Crippen LogP contribution is -2.15. The second-order valence-electron chi connectivity index (χ2n) is 3.70. The fraction of sp³-hybridized carbons (Fsp3) is 0.667. The van der Waals surface area contributed by atoms with Crippen molar-refractivity contribution in [3.63, 3.8) is 0 Å². The highest BCUT2D eigenvalue weighted by molar-refractivity contribution is 5.96. The molecule has 1 aliphatic carbocycles. The fourth-order valence-corrected chi connectivity index (χ4v) is 1.71. The summed E-state index contributed by atoms with van der Waals surface area (Å²) in [6.45, 7) is 4.10. The Bertz CT molecular complexity index is 341. The third kappa shape index (κ3) is 1.26. The van der Waals surface area contributed by atoms with Gasteiger partial charge in [-0.1, -0.05) is 5.21 Å². The van der Waals surface area contributed by atoms with Crippen molar-refractivity contribution in [2.75, 3.05) is 0 Å². The van der Waals surface area contributed by atoms with Gasteiger partial charge in [0.1, 0.15) is 0 Å². The molecule has 0 amide bonds. The van der Waals surface area contributed by atoms with Crippen LogP contribution in [0.1, 0.15) is 48.9 Å².